The van der Waals surface area contributed by atoms with Gasteiger partial charge in [-0.1, -0.05) is 103 Å². The Hall–Kier alpha value is 1.43. The maximum absolute atomic E-state index is 2.83. The van der Waals surface area contributed by atoms with Crippen molar-refractivity contribution >= 4 is 9.24 Å². The van der Waals surface area contributed by atoms with E-state index in [4.69, 9.17) is 0 Å². The summed E-state index contributed by atoms with van der Waals surface area (Å²) in [5, 5.41) is 0. The van der Waals surface area contributed by atoms with Crippen molar-refractivity contribution in [1.82, 2.24) is 0 Å². The Morgan fingerprint density at radius 2 is 0.750 bits per heavy atom. The molecule has 0 heterocycles. The standard InChI is InChI=1S/C18H39P.Na.H/c1-2-3-4-5-6-7-8-9-10-11-12-13-14-15-16-17-18-19;;/h2-19H2,1H3;;/q;+1;-1. The van der Waals surface area contributed by atoms with Gasteiger partial charge in [-0.25, -0.2) is 0 Å². The fourth-order valence-corrected chi connectivity index (χ4v) is 2.98. The van der Waals surface area contributed by atoms with E-state index in [1.807, 2.05) is 0 Å². The Labute approximate surface area is 155 Å². The van der Waals surface area contributed by atoms with E-state index < -0.39 is 0 Å². The molecule has 0 aromatic carbocycles. The van der Waals surface area contributed by atoms with Crippen LogP contribution >= 0.6 is 9.24 Å². The SMILES string of the molecule is CCCCCCCCCCCCCCCCCCP.[H-].[Na+]. The van der Waals surface area contributed by atoms with Gasteiger partial charge >= 0.3 is 29.6 Å². The van der Waals surface area contributed by atoms with E-state index >= 15 is 0 Å². The third-order valence-electron chi connectivity index (χ3n) is 4.06. The van der Waals surface area contributed by atoms with Gasteiger partial charge in [-0.05, 0) is 12.6 Å². The van der Waals surface area contributed by atoms with E-state index in [1.165, 1.54) is 109 Å². The summed E-state index contributed by atoms with van der Waals surface area (Å²) in [6.07, 6.45) is 24.7. The first kappa shape index (κ1) is 23.7. The summed E-state index contributed by atoms with van der Waals surface area (Å²) in [5.74, 6) is 0. The van der Waals surface area contributed by atoms with E-state index in [0.717, 1.165) is 0 Å². The normalized spacial score (nSPS) is 10.5. The molecule has 0 fully saturated rings. The number of rotatable bonds is 16. The van der Waals surface area contributed by atoms with Gasteiger partial charge in [-0.15, -0.1) is 9.24 Å². The molecule has 0 aliphatic heterocycles. The summed E-state index contributed by atoms with van der Waals surface area (Å²) in [6, 6.07) is 0. The molecule has 1 atom stereocenters. The van der Waals surface area contributed by atoms with Crippen molar-refractivity contribution in [2.75, 3.05) is 6.16 Å². The molecule has 0 aliphatic rings. The molecule has 0 radical (unpaired) electrons. The van der Waals surface area contributed by atoms with E-state index in [9.17, 15) is 0 Å². The monoisotopic (exact) mass is 310 g/mol. The fraction of sp³-hybridized carbons (Fsp3) is 1.00. The van der Waals surface area contributed by atoms with Gasteiger partial charge in [-0.2, -0.15) is 0 Å². The zero-order valence-electron chi connectivity index (χ0n) is 15.6. The Morgan fingerprint density at radius 1 is 0.500 bits per heavy atom. The fourth-order valence-electron chi connectivity index (χ4n) is 2.69. The van der Waals surface area contributed by atoms with Gasteiger partial charge in [-0.3, -0.25) is 0 Å². The maximum atomic E-state index is 2.83. The van der Waals surface area contributed by atoms with E-state index in [-0.39, 0.29) is 31.0 Å². The summed E-state index contributed by atoms with van der Waals surface area (Å²) in [7, 11) is 2.83. The predicted molar refractivity (Wildman–Crippen MR) is 95.2 cm³/mol. The second kappa shape index (κ2) is 22.7. The molecule has 20 heavy (non-hydrogen) atoms. The molecule has 0 nitrogen and oxygen atoms in total. The molecule has 0 aliphatic carbocycles. The average Bonchev–Trinajstić information content (AvgIpc) is 2.43. The second-order valence-electron chi connectivity index (χ2n) is 6.09. The molecule has 0 saturated heterocycles. The van der Waals surface area contributed by atoms with Crippen LogP contribution in [-0.4, -0.2) is 6.16 Å². The van der Waals surface area contributed by atoms with E-state index in [2.05, 4.69) is 16.2 Å². The number of unbranched alkanes of at least 4 members (excludes halogenated alkanes) is 15. The number of hydrogen-bond donors (Lipinski definition) is 0. The van der Waals surface area contributed by atoms with E-state index in [0.29, 0.717) is 0 Å². The van der Waals surface area contributed by atoms with Crippen molar-refractivity contribution < 1.29 is 31.0 Å². The number of hydrogen-bond acceptors (Lipinski definition) is 0. The van der Waals surface area contributed by atoms with Crippen molar-refractivity contribution in [2.45, 2.75) is 110 Å². The Morgan fingerprint density at radius 3 is 1.00 bits per heavy atom. The van der Waals surface area contributed by atoms with Crippen LogP contribution in [0.5, 0.6) is 0 Å². The average molecular weight is 310 g/mol. The van der Waals surface area contributed by atoms with Crippen LogP contribution in [0, 0.1) is 0 Å². The minimum absolute atomic E-state index is 0. The van der Waals surface area contributed by atoms with E-state index in [1.54, 1.807) is 0 Å². The molecular weight excluding hydrogens is 270 g/mol. The van der Waals surface area contributed by atoms with Gasteiger partial charge in [0.15, 0.2) is 0 Å². The summed E-state index contributed by atoms with van der Waals surface area (Å²) in [5.41, 5.74) is 0. The molecule has 0 amide bonds. The van der Waals surface area contributed by atoms with Crippen molar-refractivity contribution in [3.63, 3.8) is 0 Å². The van der Waals surface area contributed by atoms with Crippen molar-refractivity contribution in [3.05, 3.63) is 0 Å². The van der Waals surface area contributed by atoms with Crippen molar-refractivity contribution in [2.24, 2.45) is 0 Å². The molecule has 0 spiro atoms. The Balaban J connectivity index is -0.00000162. The molecule has 0 saturated carbocycles. The van der Waals surface area contributed by atoms with Gasteiger partial charge in [0.2, 0.25) is 0 Å². The van der Waals surface area contributed by atoms with Crippen LogP contribution in [0.1, 0.15) is 111 Å². The topological polar surface area (TPSA) is 0 Å². The van der Waals surface area contributed by atoms with Crippen molar-refractivity contribution in [1.29, 1.82) is 0 Å². The molecule has 1 unspecified atom stereocenters. The molecule has 0 rings (SSSR count). The maximum Gasteiger partial charge on any atom is 1.00 e. The quantitative estimate of drug-likeness (QED) is 0.227. The van der Waals surface area contributed by atoms with Crippen molar-refractivity contribution in [3.8, 4) is 0 Å². The van der Waals surface area contributed by atoms with Gasteiger partial charge in [0.1, 0.15) is 0 Å². The van der Waals surface area contributed by atoms with Gasteiger partial charge in [0.25, 0.3) is 0 Å². The van der Waals surface area contributed by atoms with Crippen LogP contribution in [0.2, 0.25) is 0 Å². The van der Waals surface area contributed by atoms with Gasteiger partial charge in [0.05, 0.1) is 0 Å². The third-order valence-corrected chi connectivity index (χ3v) is 4.47. The smallest absolute Gasteiger partial charge is 1.00 e. The van der Waals surface area contributed by atoms with Crippen LogP contribution in [0.4, 0.5) is 0 Å². The zero-order chi connectivity index (χ0) is 14.0. The third kappa shape index (κ3) is 21.7. The zero-order valence-corrected chi connectivity index (χ0v) is 17.8. The largest absolute Gasteiger partial charge is 1.00 e. The van der Waals surface area contributed by atoms with Crippen LogP contribution in [0.15, 0.2) is 0 Å². The molecule has 2 heteroatoms. The molecule has 0 aromatic rings. The van der Waals surface area contributed by atoms with Crippen LogP contribution in [0.25, 0.3) is 0 Å². The van der Waals surface area contributed by atoms with Crippen LogP contribution in [0.3, 0.4) is 0 Å². The van der Waals surface area contributed by atoms with Gasteiger partial charge in [0, 0.05) is 0 Å². The second-order valence-corrected chi connectivity index (χ2v) is 6.67. The molecular formula is C18H40NaP. The Kier molecular flexibility index (Phi) is 26.9. The first-order valence-corrected chi connectivity index (χ1v) is 9.93. The summed E-state index contributed by atoms with van der Waals surface area (Å²) >= 11 is 0. The van der Waals surface area contributed by atoms with Crippen LogP contribution < -0.4 is 29.6 Å². The summed E-state index contributed by atoms with van der Waals surface area (Å²) < 4.78 is 0. The minimum Gasteiger partial charge on any atom is -1.00 e. The van der Waals surface area contributed by atoms with Gasteiger partial charge < -0.3 is 1.43 Å². The predicted octanol–water partition coefficient (Wildman–Crippen LogP) is 4.24. The molecule has 0 aromatic heterocycles. The van der Waals surface area contributed by atoms with Crippen LogP contribution in [-0.2, 0) is 0 Å². The first-order chi connectivity index (χ1) is 9.41. The summed E-state index contributed by atoms with van der Waals surface area (Å²) in [4.78, 5) is 0. The molecule has 0 bridgehead atoms. The molecule has 0 N–H and O–H groups in total. The minimum atomic E-state index is 0. The Bertz CT molecular complexity index is 140. The molecule has 118 valence electrons. The first-order valence-electron chi connectivity index (χ1n) is 9.12. The summed E-state index contributed by atoms with van der Waals surface area (Å²) in [6.45, 7) is 2.29.